The minimum Gasteiger partial charge on any atom is -0.385 e. The minimum atomic E-state index is -0.211. The van der Waals surface area contributed by atoms with Crippen molar-refractivity contribution < 1.29 is 4.74 Å². The van der Waals surface area contributed by atoms with Crippen molar-refractivity contribution in [2.24, 2.45) is 5.41 Å². The summed E-state index contributed by atoms with van der Waals surface area (Å²) < 4.78 is 6.29. The number of unbranched alkanes of at least 4 members (excludes halogenated alkanes) is 1. The van der Waals surface area contributed by atoms with Gasteiger partial charge in [0.05, 0.1) is 18.1 Å². The van der Waals surface area contributed by atoms with Crippen LogP contribution in [0.25, 0.3) is 0 Å². The molecule has 0 aliphatic carbocycles. The number of nitriles is 1. The Bertz CT molecular complexity index is 466. The fraction of sp³-hybridized carbons (Fsp3) is 0.562. The van der Waals surface area contributed by atoms with Crippen LogP contribution in [-0.2, 0) is 11.3 Å². The SMILES string of the molecule is COCc1c(Br)cccc1NCCCCC(C)(C)C#N. The maximum Gasteiger partial charge on any atom is 0.0744 e. The Hall–Kier alpha value is -1.05. The van der Waals surface area contributed by atoms with Gasteiger partial charge in [0.1, 0.15) is 0 Å². The Balaban J connectivity index is 2.43. The van der Waals surface area contributed by atoms with E-state index in [1.165, 1.54) is 0 Å². The van der Waals surface area contributed by atoms with E-state index >= 15 is 0 Å². The van der Waals surface area contributed by atoms with Crippen LogP contribution in [0.5, 0.6) is 0 Å². The molecule has 110 valence electrons. The topological polar surface area (TPSA) is 45.0 Å². The third kappa shape index (κ3) is 5.52. The summed E-state index contributed by atoms with van der Waals surface area (Å²) in [7, 11) is 1.70. The molecule has 1 aromatic carbocycles. The van der Waals surface area contributed by atoms with Gasteiger partial charge in [-0.05, 0) is 38.8 Å². The predicted octanol–water partition coefficient (Wildman–Crippen LogP) is 4.73. The molecule has 0 saturated carbocycles. The van der Waals surface area contributed by atoms with Crippen molar-refractivity contribution in [3.63, 3.8) is 0 Å². The Morgan fingerprint density at radius 2 is 2.10 bits per heavy atom. The number of methoxy groups -OCH3 is 1. The summed E-state index contributed by atoms with van der Waals surface area (Å²) in [6.07, 6.45) is 3.06. The Morgan fingerprint density at radius 3 is 2.75 bits per heavy atom. The van der Waals surface area contributed by atoms with Crippen molar-refractivity contribution in [2.45, 2.75) is 39.7 Å². The summed E-state index contributed by atoms with van der Waals surface area (Å²) in [5.41, 5.74) is 2.05. The van der Waals surface area contributed by atoms with Crippen molar-refractivity contribution in [3.05, 3.63) is 28.2 Å². The summed E-state index contributed by atoms with van der Waals surface area (Å²) in [6, 6.07) is 8.45. The van der Waals surface area contributed by atoms with Gasteiger partial charge in [-0.15, -0.1) is 0 Å². The van der Waals surface area contributed by atoms with E-state index < -0.39 is 0 Å². The fourth-order valence-corrected chi connectivity index (χ4v) is 2.47. The maximum absolute atomic E-state index is 8.97. The maximum atomic E-state index is 8.97. The molecule has 0 atom stereocenters. The Morgan fingerprint density at radius 1 is 1.35 bits per heavy atom. The molecule has 0 saturated heterocycles. The molecule has 0 spiro atoms. The van der Waals surface area contributed by atoms with Crippen molar-refractivity contribution >= 4 is 21.6 Å². The molecule has 1 aromatic rings. The van der Waals surface area contributed by atoms with Crippen molar-refractivity contribution in [1.82, 2.24) is 0 Å². The Kier molecular flexibility index (Phi) is 7.04. The number of halogens is 1. The lowest BCUT2D eigenvalue weighted by Gasteiger charge is -2.16. The molecule has 0 fully saturated rings. The molecular weight excluding hydrogens is 316 g/mol. The third-order valence-electron chi connectivity index (χ3n) is 3.25. The first kappa shape index (κ1) is 17.0. The van der Waals surface area contributed by atoms with Crippen LogP contribution >= 0.6 is 15.9 Å². The molecule has 0 unspecified atom stereocenters. The van der Waals surface area contributed by atoms with Crippen LogP contribution in [0, 0.1) is 16.7 Å². The molecule has 3 nitrogen and oxygen atoms in total. The van der Waals surface area contributed by atoms with Gasteiger partial charge in [0, 0.05) is 29.4 Å². The van der Waals surface area contributed by atoms with Gasteiger partial charge in [-0.2, -0.15) is 5.26 Å². The number of nitrogens with one attached hydrogen (secondary N) is 1. The molecule has 0 aliphatic rings. The average molecular weight is 339 g/mol. The second kappa shape index (κ2) is 8.28. The van der Waals surface area contributed by atoms with E-state index in [0.29, 0.717) is 6.61 Å². The molecule has 0 aliphatic heterocycles. The molecule has 4 heteroatoms. The van der Waals surface area contributed by atoms with Gasteiger partial charge in [-0.1, -0.05) is 28.4 Å². The lowest BCUT2D eigenvalue weighted by atomic mass is 9.89. The highest BCUT2D eigenvalue weighted by molar-refractivity contribution is 9.10. The number of benzene rings is 1. The van der Waals surface area contributed by atoms with E-state index in [0.717, 1.165) is 41.5 Å². The van der Waals surface area contributed by atoms with Gasteiger partial charge < -0.3 is 10.1 Å². The lowest BCUT2D eigenvalue weighted by Crippen LogP contribution is -2.10. The van der Waals surface area contributed by atoms with Crippen LogP contribution in [0.2, 0.25) is 0 Å². The minimum absolute atomic E-state index is 0.211. The largest absolute Gasteiger partial charge is 0.385 e. The van der Waals surface area contributed by atoms with Gasteiger partial charge in [0.25, 0.3) is 0 Å². The van der Waals surface area contributed by atoms with E-state index in [4.69, 9.17) is 10.00 Å². The molecule has 0 bridgehead atoms. The smallest absolute Gasteiger partial charge is 0.0744 e. The zero-order valence-corrected chi connectivity index (χ0v) is 14.1. The van der Waals surface area contributed by atoms with E-state index in [1.54, 1.807) is 7.11 Å². The van der Waals surface area contributed by atoms with Crippen LogP contribution < -0.4 is 5.32 Å². The standard InChI is InChI=1S/C16H23BrN2O/c1-16(2,12-18)9-4-5-10-19-15-8-6-7-14(17)13(15)11-20-3/h6-8,19H,4-5,9-11H2,1-3H3. The van der Waals surface area contributed by atoms with Crippen LogP contribution in [0.1, 0.15) is 38.7 Å². The van der Waals surface area contributed by atoms with Gasteiger partial charge in [0.2, 0.25) is 0 Å². The molecule has 0 aromatic heterocycles. The molecule has 0 radical (unpaired) electrons. The van der Waals surface area contributed by atoms with Crippen molar-refractivity contribution in [1.29, 1.82) is 5.26 Å². The summed E-state index contributed by atoms with van der Waals surface area (Å²) in [4.78, 5) is 0. The van der Waals surface area contributed by atoms with Crippen LogP contribution in [0.15, 0.2) is 22.7 Å². The monoisotopic (exact) mass is 338 g/mol. The van der Waals surface area contributed by atoms with Gasteiger partial charge >= 0.3 is 0 Å². The number of nitrogens with zero attached hydrogens (tertiary/aromatic N) is 1. The molecular formula is C16H23BrN2O. The van der Waals surface area contributed by atoms with E-state index in [-0.39, 0.29) is 5.41 Å². The molecule has 1 N–H and O–H groups in total. The first-order valence-electron chi connectivity index (χ1n) is 6.91. The number of rotatable bonds is 8. The number of hydrogen-bond acceptors (Lipinski definition) is 3. The zero-order valence-electron chi connectivity index (χ0n) is 12.5. The average Bonchev–Trinajstić information content (AvgIpc) is 2.42. The summed E-state index contributed by atoms with van der Waals surface area (Å²) in [5, 5.41) is 12.4. The second-order valence-electron chi connectivity index (χ2n) is 5.58. The quantitative estimate of drug-likeness (QED) is 0.697. The van der Waals surface area contributed by atoms with Gasteiger partial charge in [-0.3, -0.25) is 0 Å². The zero-order chi connectivity index (χ0) is 15.0. The predicted molar refractivity (Wildman–Crippen MR) is 86.6 cm³/mol. The summed E-state index contributed by atoms with van der Waals surface area (Å²) in [6.45, 7) is 5.48. The van der Waals surface area contributed by atoms with Gasteiger partial charge in [0.15, 0.2) is 0 Å². The first-order chi connectivity index (χ1) is 9.50. The van der Waals surface area contributed by atoms with Crippen LogP contribution in [-0.4, -0.2) is 13.7 Å². The van der Waals surface area contributed by atoms with E-state index in [9.17, 15) is 0 Å². The van der Waals surface area contributed by atoms with Crippen LogP contribution in [0.4, 0.5) is 5.69 Å². The number of ether oxygens (including phenoxy) is 1. The highest BCUT2D eigenvalue weighted by atomic mass is 79.9. The highest BCUT2D eigenvalue weighted by Crippen LogP contribution is 2.26. The number of anilines is 1. The molecule has 20 heavy (non-hydrogen) atoms. The second-order valence-corrected chi connectivity index (χ2v) is 6.43. The van der Waals surface area contributed by atoms with E-state index in [2.05, 4.69) is 33.4 Å². The van der Waals surface area contributed by atoms with E-state index in [1.807, 2.05) is 26.0 Å². The third-order valence-corrected chi connectivity index (χ3v) is 4.00. The normalized spacial score (nSPS) is 11.2. The van der Waals surface area contributed by atoms with Crippen molar-refractivity contribution in [3.8, 4) is 6.07 Å². The molecule has 1 rings (SSSR count). The fourth-order valence-electron chi connectivity index (χ4n) is 1.99. The Labute approximate surface area is 130 Å². The highest BCUT2D eigenvalue weighted by Gasteiger charge is 2.15. The lowest BCUT2D eigenvalue weighted by molar-refractivity contribution is 0.185. The molecule has 0 heterocycles. The first-order valence-corrected chi connectivity index (χ1v) is 7.71. The number of hydrogen-bond donors (Lipinski definition) is 1. The molecule has 0 amide bonds. The summed E-state index contributed by atoms with van der Waals surface area (Å²) in [5.74, 6) is 0. The van der Waals surface area contributed by atoms with Gasteiger partial charge in [-0.25, -0.2) is 0 Å². The van der Waals surface area contributed by atoms with Crippen molar-refractivity contribution in [2.75, 3.05) is 19.0 Å². The van der Waals surface area contributed by atoms with Crippen LogP contribution in [0.3, 0.4) is 0 Å². The summed E-state index contributed by atoms with van der Waals surface area (Å²) >= 11 is 3.55.